The van der Waals surface area contributed by atoms with Gasteiger partial charge in [-0.1, -0.05) is 46.4 Å². The summed E-state index contributed by atoms with van der Waals surface area (Å²) in [5.41, 5.74) is 6.76. The lowest BCUT2D eigenvalue weighted by Crippen LogP contribution is -2.18. The highest BCUT2D eigenvalue weighted by molar-refractivity contribution is 6.54. The maximum atomic E-state index is 13.6. The maximum absolute atomic E-state index is 13.6. The number of carbonyl (C=O) groups excluding carboxylic acids is 2. The van der Waals surface area contributed by atoms with E-state index >= 15 is 0 Å². The minimum Gasteiger partial charge on any atom is -0.399 e. The molecule has 182 valence electrons. The Hall–Kier alpha value is -1.93. The molecule has 0 aromatic heterocycles. The van der Waals surface area contributed by atoms with Gasteiger partial charge in [0.25, 0.3) is 5.91 Å². The van der Waals surface area contributed by atoms with Crippen LogP contribution in [0.15, 0.2) is 48.5 Å². The Balaban J connectivity index is 1.52. The highest BCUT2D eigenvalue weighted by Gasteiger charge is 2.67. The minimum absolute atomic E-state index is 0.0407. The number of rotatable bonds is 5. The smallest absolute Gasteiger partial charge is 0.257 e. The molecule has 4 N–H and O–H groups in total. The Morgan fingerprint density at radius 1 is 0.857 bits per heavy atom. The molecule has 1 saturated carbocycles. The van der Waals surface area contributed by atoms with E-state index in [2.05, 4.69) is 10.6 Å². The molecule has 0 heterocycles. The van der Waals surface area contributed by atoms with Gasteiger partial charge in [-0.2, -0.15) is 0 Å². The van der Waals surface area contributed by atoms with Crippen LogP contribution in [0.25, 0.3) is 0 Å². The predicted molar refractivity (Wildman–Crippen MR) is 141 cm³/mol. The Kier molecular flexibility index (Phi) is 7.36. The monoisotopic (exact) mass is 593 g/mol. The van der Waals surface area contributed by atoms with E-state index in [1.165, 1.54) is 24.3 Å². The van der Waals surface area contributed by atoms with E-state index in [4.69, 9.17) is 75.3 Å². The third kappa shape index (κ3) is 5.43. The van der Waals surface area contributed by atoms with Crippen LogP contribution in [0.2, 0.25) is 20.1 Å². The van der Waals surface area contributed by atoms with E-state index in [-0.39, 0.29) is 42.7 Å². The van der Waals surface area contributed by atoms with Gasteiger partial charge in [0.05, 0.1) is 31.6 Å². The zero-order chi connectivity index (χ0) is 25.7. The first-order chi connectivity index (χ1) is 16.4. The molecule has 5 nitrogen and oxygen atoms in total. The van der Waals surface area contributed by atoms with Crippen LogP contribution in [-0.4, -0.2) is 16.1 Å². The topological polar surface area (TPSA) is 84.2 Å². The van der Waals surface area contributed by atoms with Crippen LogP contribution in [-0.2, 0) is 4.79 Å². The molecule has 35 heavy (non-hydrogen) atoms. The van der Waals surface area contributed by atoms with Crippen molar-refractivity contribution in [2.24, 2.45) is 5.92 Å². The third-order valence-electron chi connectivity index (χ3n) is 5.36. The third-order valence-corrected chi connectivity index (χ3v) is 7.82. The molecular weight excluding hydrogens is 582 g/mol. The fraction of sp³-hybridized carbons (Fsp3) is 0.130. The highest BCUT2D eigenvalue weighted by atomic mass is 35.5. The van der Waals surface area contributed by atoms with Crippen LogP contribution in [0.4, 0.5) is 21.5 Å². The van der Waals surface area contributed by atoms with Crippen LogP contribution in [0.3, 0.4) is 0 Å². The molecule has 1 aliphatic rings. The molecule has 12 heteroatoms. The Bertz CT molecular complexity index is 1320. The molecule has 3 aromatic carbocycles. The zero-order valence-corrected chi connectivity index (χ0v) is 21.8. The molecule has 1 unspecified atom stereocenters. The highest BCUT2D eigenvalue weighted by Crippen LogP contribution is 2.65. The Morgan fingerprint density at radius 2 is 1.51 bits per heavy atom. The molecule has 0 aliphatic heterocycles. The molecule has 0 saturated heterocycles. The molecule has 3 aromatic rings. The Labute approximate surface area is 229 Å². The van der Waals surface area contributed by atoms with Crippen molar-refractivity contribution >= 4 is 98.5 Å². The molecule has 1 aliphatic carbocycles. The average molecular weight is 596 g/mol. The summed E-state index contributed by atoms with van der Waals surface area (Å²) in [4.78, 5) is 25.7. The number of alkyl halides is 2. The number of hydrogen-bond donors (Lipinski definition) is 3. The van der Waals surface area contributed by atoms with Crippen molar-refractivity contribution < 1.29 is 14.0 Å². The summed E-state index contributed by atoms with van der Waals surface area (Å²) in [6.45, 7) is 0. The van der Waals surface area contributed by atoms with Gasteiger partial charge in [0.2, 0.25) is 5.91 Å². The summed E-state index contributed by atoms with van der Waals surface area (Å²) in [5, 5.41) is 5.91. The number of carbonyl (C=O) groups is 2. The lowest BCUT2D eigenvalue weighted by atomic mass is 10.1. The van der Waals surface area contributed by atoms with Gasteiger partial charge < -0.3 is 16.4 Å². The first-order valence-electron chi connectivity index (χ1n) is 9.88. The number of nitrogens with two attached hydrogens (primary N) is 1. The number of nitrogens with one attached hydrogen (secondary N) is 2. The lowest BCUT2D eigenvalue weighted by Gasteiger charge is -2.11. The van der Waals surface area contributed by atoms with Gasteiger partial charge in [-0.3, -0.25) is 9.59 Å². The first-order valence-corrected chi connectivity index (χ1v) is 12.2. The second-order valence-corrected chi connectivity index (χ2v) is 10.9. The number of hydrogen-bond acceptors (Lipinski definition) is 3. The molecule has 0 spiro atoms. The number of halogens is 7. The zero-order valence-electron chi connectivity index (χ0n) is 17.3. The van der Waals surface area contributed by atoms with Gasteiger partial charge in [0, 0.05) is 23.0 Å². The van der Waals surface area contributed by atoms with Crippen molar-refractivity contribution in [1.82, 2.24) is 0 Å². The summed E-state index contributed by atoms with van der Waals surface area (Å²) < 4.78 is 12.2. The van der Waals surface area contributed by atoms with E-state index in [1.54, 1.807) is 12.1 Å². The average Bonchev–Trinajstić information content (AvgIpc) is 3.34. The fourth-order valence-electron chi connectivity index (χ4n) is 3.70. The van der Waals surface area contributed by atoms with Crippen LogP contribution >= 0.6 is 69.6 Å². The van der Waals surface area contributed by atoms with Crippen molar-refractivity contribution in [3.63, 3.8) is 0 Å². The molecule has 2 atom stereocenters. The van der Waals surface area contributed by atoms with E-state index in [0.717, 1.165) is 12.1 Å². The van der Waals surface area contributed by atoms with Crippen LogP contribution in [0, 0.1) is 11.7 Å². The molecule has 1 fully saturated rings. The van der Waals surface area contributed by atoms with Crippen molar-refractivity contribution in [3.8, 4) is 0 Å². The standard InChI is InChI=1S/C23H14Cl6FN3O2/c24-15-2-1-12(8-14(15)21(34)33-13-6-10(30)5-11(31)7-13)32-22(35)19-18(23(19,28)29)9-3-16(25)20(27)17(26)4-9/h1-8,18-19H,31H2,(H,32,35)(H,33,34)/t18-,19?/m0/s1. The number of amides is 2. The second-order valence-electron chi connectivity index (χ2n) is 7.84. The summed E-state index contributed by atoms with van der Waals surface area (Å²) in [6, 6.07) is 11.0. The van der Waals surface area contributed by atoms with Crippen molar-refractivity contribution in [2.45, 2.75) is 10.3 Å². The molecule has 4 rings (SSSR count). The summed E-state index contributed by atoms with van der Waals surface area (Å²) in [7, 11) is 0. The van der Waals surface area contributed by atoms with E-state index < -0.39 is 33.8 Å². The van der Waals surface area contributed by atoms with Gasteiger partial charge in [-0.25, -0.2) is 4.39 Å². The van der Waals surface area contributed by atoms with Gasteiger partial charge >= 0.3 is 0 Å². The first kappa shape index (κ1) is 26.1. The number of benzene rings is 3. The van der Waals surface area contributed by atoms with Crippen LogP contribution in [0.1, 0.15) is 21.8 Å². The predicted octanol–water partition coefficient (Wildman–Crippen LogP) is 7.80. The Morgan fingerprint density at radius 3 is 2.14 bits per heavy atom. The lowest BCUT2D eigenvalue weighted by molar-refractivity contribution is -0.117. The van der Waals surface area contributed by atoms with E-state index in [9.17, 15) is 14.0 Å². The molecule has 0 radical (unpaired) electrons. The van der Waals surface area contributed by atoms with Gasteiger partial charge in [-0.05, 0) is 54.1 Å². The van der Waals surface area contributed by atoms with Crippen molar-refractivity contribution in [1.29, 1.82) is 0 Å². The molecule has 2 amide bonds. The van der Waals surface area contributed by atoms with Gasteiger partial charge in [0.1, 0.15) is 10.2 Å². The number of anilines is 3. The largest absolute Gasteiger partial charge is 0.399 e. The minimum atomic E-state index is -1.41. The van der Waals surface area contributed by atoms with Crippen LogP contribution < -0.4 is 16.4 Å². The summed E-state index contributed by atoms with van der Waals surface area (Å²) in [5.74, 6) is -3.15. The maximum Gasteiger partial charge on any atom is 0.257 e. The normalized spacial score (nSPS) is 18.1. The van der Waals surface area contributed by atoms with Crippen molar-refractivity contribution in [2.75, 3.05) is 16.4 Å². The van der Waals surface area contributed by atoms with Crippen LogP contribution in [0.5, 0.6) is 0 Å². The summed E-state index contributed by atoms with van der Waals surface area (Å²) in [6.07, 6.45) is 0. The van der Waals surface area contributed by atoms with E-state index in [1.807, 2.05) is 0 Å². The SMILES string of the molecule is Nc1cc(F)cc(NC(=O)c2cc(NC(=O)C3[C@H](c4cc(Cl)c(Cl)c(Cl)c4)C3(Cl)Cl)ccc2Cl)c1. The fourth-order valence-corrected chi connectivity index (χ4v) is 5.35. The summed E-state index contributed by atoms with van der Waals surface area (Å²) >= 11 is 37.2. The molecule has 0 bridgehead atoms. The van der Waals surface area contributed by atoms with Gasteiger partial charge in [0.15, 0.2) is 0 Å². The van der Waals surface area contributed by atoms with Gasteiger partial charge in [-0.15, -0.1) is 23.2 Å². The van der Waals surface area contributed by atoms with Crippen molar-refractivity contribution in [3.05, 3.63) is 85.6 Å². The van der Waals surface area contributed by atoms with E-state index in [0.29, 0.717) is 5.56 Å². The second kappa shape index (κ2) is 9.85. The molecular formula is C23H14Cl6FN3O2. The quantitative estimate of drug-likeness (QED) is 0.160. The number of nitrogen functional groups attached to an aromatic ring is 1.